The molecule has 0 amide bonds. The van der Waals surface area contributed by atoms with Crippen LogP contribution in [0.3, 0.4) is 0 Å². The van der Waals surface area contributed by atoms with Crippen molar-refractivity contribution in [2.45, 2.75) is 0 Å². The molecule has 0 saturated heterocycles. The Morgan fingerprint density at radius 2 is 0.314 bits per heavy atom. The molecular formula is C56H38Cu4N8O34+2. The van der Waals surface area contributed by atoms with Gasteiger partial charge in [0.15, 0.2) is 0 Å². The number of carbonyl (C=O) groups is 16. The Labute approximate surface area is 606 Å². The van der Waals surface area contributed by atoms with Gasteiger partial charge in [-0.1, -0.05) is 24.3 Å². The van der Waals surface area contributed by atoms with Gasteiger partial charge in [0.1, 0.15) is 0 Å². The van der Waals surface area contributed by atoms with Gasteiger partial charge in [-0.15, -0.1) is 0 Å². The van der Waals surface area contributed by atoms with Crippen molar-refractivity contribution in [3.8, 4) is 0 Å². The van der Waals surface area contributed by atoms with Crippen LogP contribution in [-0.4, -0.2) is 176 Å². The van der Waals surface area contributed by atoms with Gasteiger partial charge < -0.3 is 131 Å². The molecule has 0 spiro atoms. The van der Waals surface area contributed by atoms with Crippen molar-refractivity contribution < 1.29 is 238 Å². The van der Waals surface area contributed by atoms with Crippen molar-refractivity contribution in [1.29, 1.82) is 0 Å². The zero-order valence-corrected chi connectivity index (χ0v) is 52.9. The Kier molecular flexibility index (Phi) is 49.0. The largest absolute Gasteiger partial charge is 2.00 e. The quantitative estimate of drug-likeness (QED) is 0.0329. The first-order chi connectivity index (χ1) is 44.9. The van der Waals surface area contributed by atoms with E-state index in [4.69, 9.17) is 40.9 Å². The molecule has 8 rings (SSSR count). The zero-order valence-electron chi connectivity index (χ0n) is 49.2. The molecule has 0 atom stereocenters. The molecule has 46 heteroatoms. The maximum Gasteiger partial charge on any atom is 2.00 e. The monoisotopic (exact) mass is 1620 g/mol. The van der Waals surface area contributed by atoms with E-state index in [1.807, 2.05) is 0 Å². The summed E-state index contributed by atoms with van der Waals surface area (Å²) < 4.78 is 0. The summed E-state index contributed by atoms with van der Waals surface area (Å²) in [5.74, 6) is -21.6. The maximum atomic E-state index is 10.3. The van der Waals surface area contributed by atoms with Crippen LogP contribution in [-0.2, 0) is 79.2 Å². The fourth-order valence-corrected chi connectivity index (χ4v) is 5.34. The number of carbonyl (C=O) groups excluding carboxylic acids is 8. The number of rotatable bonds is 16. The Hall–Kier alpha value is -13.3. The summed E-state index contributed by atoms with van der Waals surface area (Å²) in [5, 5.41) is 149. The number of hydrogen-bond acceptors (Lipinski definition) is 32. The molecule has 548 valence electrons. The molecule has 8 aromatic heterocycles. The van der Waals surface area contributed by atoms with Gasteiger partial charge in [0.05, 0.1) is 138 Å². The summed E-state index contributed by atoms with van der Waals surface area (Å²) >= 11 is 0. The molecule has 0 fully saturated rings. The number of nitrogens with zero attached hydrogens (tertiary/aromatic N) is 8. The maximum absolute atomic E-state index is 10.3. The van der Waals surface area contributed by atoms with Crippen LogP contribution in [0.1, 0.15) is 167 Å². The van der Waals surface area contributed by atoms with Crippen molar-refractivity contribution in [2.75, 3.05) is 0 Å². The van der Waals surface area contributed by atoms with Crippen molar-refractivity contribution in [3.63, 3.8) is 0 Å². The molecule has 0 bridgehead atoms. The zero-order chi connectivity index (χ0) is 73.1. The smallest absolute Gasteiger partial charge is 0.543 e. The molecule has 0 aliphatic rings. The predicted octanol–water partition coefficient (Wildman–Crippen LogP) is -8.71. The summed E-state index contributed by atoms with van der Waals surface area (Å²) in [6, 6.07) is 18.4. The van der Waals surface area contributed by atoms with Gasteiger partial charge in [0.2, 0.25) is 0 Å². The number of pyridine rings is 8. The van der Waals surface area contributed by atoms with Crippen LogP contribution in [0.25, 0.3) is 0 Å². The first-order valence-corrected chi connectivity index (χ1v) is 24.1. The second-order valence-electron chi connectivity index (χ2n) is 16.2. The molecule has 0 aliphatic carbocycles. The number of aromatic carboxylic acids is 16. The standard InChI is InChI=1S/8C7H5NO4.4Cu.2H2O/c4*9-6(10)4-1-5(7(11)12)3-8-2-4;4*9-6(10)4-2-1-3-5(8-4)7(11)12;;;;;;/h8*1-3H,(H,9,10)(H,11,12);;;;;2*1H2/q;;;;;;;;4*+2;;/p-6. The van der Waals surface area contributed by atoms with E-state index in [1.165, 1.54) is 24.3 Å². The molecule has 0 aliphatic heterocycles. The molecular weight excluding hydrogens is 1580 g/mol. The Bertz CT molecular complexity index is 3270. The van der Waals surface area contributed by atoms with Gasteiger partial charge in [-0.3, -0.25) is 19.9 Å². The van der Waals surface area contributed by atoms with Gasteiger partial charge in [0.25, 0.3) is 0 Å². The van der Waals surface area contributed by atoms with Gasteiger partial charge in [-0.25, -0.2) is 58.3 Å². The van der Waals surface area contributed by atoms with Crippen molar-refractivity contribution in [2.24, 2.45) is 0 Å². The normalized spacial score (nSPS) is 8.78. The Balaban J connectivity index is -0.000000256. The Morgan fingerprint density at radius 1 is 0.216 bits per heavy atom. The average Bonchev–Trinajstić information content (AvgIpc) is 3.55. The van der Waals surface area contributed by atoms with E-state index in [1.54, 1.807) is 0 Å². The van der Waals surface area contributed by atoms with E-state index in [0.29, 0.717) is 0 Å². The third-order valence-electron chi connectivity index (χ3n) is 9.60. The molecule has 0 saturated carbocycles. The van der Waals surface area contributed by atoms with Crippen molar-refractivity contribution in [1.82, 2.24) is 39.9 Å². The van der Waals surface area contributed by atoms with Crippen LogP contribution in [0, 0.1) is 0 Å². The molecule has 8 aromatic rings. The SMILES string of the molecule is O=C(O)c1cncc(C(=O)O)c1.O=C(O)c1cncc(C(=O)O)c1.O=C(O)c1cncc(C(=O)O)c1.O=C(O)c1cncc(C(=O)O)c1.O=C([O-])c1cccc(C(=O)[O-])n1.O=C([O-])c1cccc(C(=O)[O-])n1.O=C([O-])c1cccc(C(=O)[O-])n1.O=C([O-])c1cccc(C(=O)[O-])n1.[Cu+2].[Cu+2].[Cu+2].[Cu+2].[OH3+].[OH3+]. The summed E-state index contributed by atoms with van der Waals surface area (Å²) in [7, 11) is 0. The van der Waals surface area contributed by atoms with E-state index in [0.717, 1.165) is 122 Å². The van der Waals surface area contributed by atoms with Gasteiger partial charge in [-0.2, -0.15) is 0 Å². The molecule has 42 nitrogen and oxygen atoms in total. The minimum Gasteiger partial charge on any atom is -0.543 e. The molecule has 102 heavy (non-hydrogen) atoms. The van der Waals surface area contributed by atoms with Crippen LogP contribution < -0.4 is 40.9 Å². The third kappa shape index (κ3) is 37.3. The van der Waals surface area contributed by atoms with E-state index < -0.39 is 141 Å². The van der Waals surface area contributed by atoms with E-state index in [-0.39, 0.29) is 124 Å². The first kappa shape index (κ1) is 99.8. The molecule has 14 N–H and O–H groups in total. The number of carboxylic acid groups (broad SMARTS) is 16. The fraction of sp³-hybridized carbons (Fsp3) is 0. The second kappa shape index (κ2) is 50.1. The second-order valence-corrected chi connectivity index (χ2v) is 16.2. The molecule has 0 unspecified atom stereocenters. The molecule has 4 radical (unpaired) electrons. The van der Waals surface area contributed by atoms with Gasteiger partial charge in [-0.05, 0) is 72.8 Å². The summed E-state index contributed by atoms with van der Waals surface area (Å²) in [4.78, 5) is 191. The van der Waals surface area contributed by atoms with Crippen LogP contribution in [0.5, 0.6) is 0 Å². The summed E-state index contributed by atoms with van der Waals surface area (Å²) in [6.45, 7) is 0. The summed E-state index contributed by atoms with van der Waals surface area (Å²) in [6.07, 6.45) is 8.74. The number of hydrogen-bond donors (Lipinski definition) is 8. The average molecular weight is 1620 g/mol. The Morgan fingerprint density at radius 3 is 0.392 bits per heavy atom. The number of carboxylic acids is 16. The first-order valence-electron chi connectivity index (χ1n) is 24.1. The molecule has 8 heterocycles. The van der Waals surface area contributed by atoms with Crippen LogP contribution in [0.15, 0.2) is 147 Å². The van der Waals surface area contributed by atoms with Gasteiger partial charge in [0, 0.05) is 49.6 Å². The van der Waals surface area contributed by atoms with Crippen LogP contribution in [0.4, 0.5) is 0 Å². The third-order valence-corrected chi connectivity index (χ3v) is 9.60. The predicted molar refractivity (Wildman–Crippen MR) is 294 cm³/mol. The minimum atomic E-state index is -1.52. The number of aromatic nitrogens is 8. The van der Waals surface area contributed by atoms with E-state index in [2.05, 4.69) is 39.9 Å². The molecule has 0 aromatic carbocycles. The van der Waals surface area contributed by atoms with Crippen LogP contribution >= 0.6 is 0 Å². The van der Waals surface area contributed by atoms with Crippen LogP contribution in [0.2, 0.25) is 0 Å². The van der Waals surface area contributed by atoms with Gasteiger partial charge >= 0.3 is 116 Å². The van der Waals surface area contributed by atoms with E-state index in [9.17, 15) is 118 Å². The fourth-order valence-electron chi connectivity index (χ4n) is 5.34. The minimum absolute atomic E-state index is 0. The summed E-state index contributed by atoms with van der Waals surface area (Å²) in [5.41, 5.74) is -4.40. The van der Waals surface area contributed by atoms with Crippen molar-refractivity contribution >= 4 is 95.5 Å². The van der Waals surface area contributed by atoms with E-state index >= 15 is 0 Å². The topological polar surface area (TPSA) is 789 Å². The van der Waals surface area contributed by atoms with Crippen molar-refractivity contribution in [3.05, 3.63) is 237 Å².